The molecule has 0 bridgehead atoms. The van der Waals surface area contributed by atoms with E-state index in [2.05, 4.69) is 52.1 Å². The third-order valence-electron chi connectivity index (χ3n) is 5.12. The number of nitrogens with zero attached hydrogens (tertiary/aromatic N) is 1. The zero-order valence-corrected chi connectivity index (χ0v) is 16.4. The molecule has 1 heterocycles. The molecule has 5 heteroatoms. The van der Waals surface area contributed by atoms with Crippen LogP contribution < -0.4 is 9.62 Å². The van der Waals surface area contributed by atoms with Crippen LogP contribution in [0.25, 0.3) is 0 Å². The second-order valence-electron chi connectivity index (χ2n) is 7.33. The molecule has 1 unspecified atom stereocenters. The van der Waals surface area contributed by atoms with Crippen molar-refractivity contribution in [3.63, 3.8) is 0 Å². The molecule has 1 aliphatic rings. The van der Waals surface area contributed by atoms with Gasteiger partial charge in [0.25, 0.3) is 0 Å². The van der Waals surface area contributed by atoms with Crippen LogP contribution in [0.3, 0.4) is 0 Å². The number of anilines is 1. The lowest BCUT2D eigenvalue weighted by atomic mass is 9.97. The van der Waals surface area contributed by atoms with E-state index in [1.165, 1.54) is 30.3 Å². The Kier molecular flexibility index (Phi) is 5.99. The predicted octanol–water partition coefficient (Wildman–Crippen LogP) is 3.76. The second-order valence-corrected chi connectivity index (χ2v) is 9.11. The van der Waals surface area contributed by atoms with Crippen molar-refractivity contribution in [1.82, 2.24) is 4.72 Å². The molecule has 4 nitrogen and oxygen atoms in total. The third kappa shape index (κ3) is 5.32. The highest BCUT2D eigenvalue weighted by Gasteiger charge is 2.22. The summed E-state index contributed by atoms with van der Waals surface area (Å²) in [7, 11) is -3.19. The zero-order chi connectivity index (χ0) is 18.6. The van der Waals surface area contributed by atoms with E-state index < -0.39 is 10.0 Å². The Morgan fingerprint density at radius 1 is 1.12 bits per heavy atom. The molecule has 2 aromatic rings. The summed E-state index contributed by atoms with van der Waals surface area (Å²) in [6.45, 7) is 4.15. The number of benzene rings is 2. The number of nitrogens with one attached hydrogen (secondary N) is 1. The summed E-state index contributed by atoms with van der Waals surface area (Å²) in [4.78, 5) is 2.48. The Hall–Kier alpha value is -1.85. The van der Waals surface area contributed by atoms with Crippen molar-refractivity contribution in [3.05, 3.63) is 65.7 Å². The minimum absolute atomic E-state index is 0.201. The van der Waals surface area contributed by atoms with Gasteiger partial charge in [0.15, 0.2) is 0 Å². The molecule has 140 valence electrons. The van der Waals surface area contributed by atoms with Crippen molar-refractivity contribution in [2.24, 2.45) is 5.92 Å². The molecule has 2 aromatic carbocycles. The van der Waals surface area contributed by atoms with Crippen LogP contribution in [0.2, 0.25) is 0 Å². The molecule has 1 fully saturated rings. The first-order valence-corrected chi connectivity index (χ1v) is 11.2. The molecule has 2 atom stereocenters. The lowest BCUT2D eigenvalue weighted by Crippen LogP contribution is -2.25. The zero-order valence-electron chi connectivity index (χ0n) is 15.6. The highest BCUT2D eigenvalue weighted by molar-refractivity contribution is 7.88. The average Bonchev–Trinajstić information content (AvgIpc) is 3.09. The molecule has 3 rings (SSSR count). The van der Waals surface area contributed by atoms with E-state index in [-0.39, 0.29) is 6.04 Å². The van der Waals surface area contributed by atoms with Crippen LogP contribution in [0.1, 0.15) is 36.9 Å². The molecule has 26 heavy (non-hydrogen) atoms. The van der Waals surface area contributed by atoms with E-state index in [1.807, 2.05) is 19.1 Å². The normalized spacial score (nSPS) is 18.8. The van der Waals surface area contributed by atoms with Gasteiger partial charge in [-0.3, -0.25) is 0 Å². The fourth-order valence-electron chi connectivity index (χ4n) is 3.67. The quantitative estimate of drug-likeness (QED) is 0.805. The molecule has 0 aromatic heterocycles. The van der Waals surface area contributed by atoms with E-state index in [0.717, 1.165) is 31.0 Å². The van der Waals surface area contributed by atoms with Gasteiger partial charge < -0.3 is 4.90 Å². The van der Waals surface area contributed by atoms with Gasteiger partial charge in [0.1, 0.15) is 0 Å². The van der Waals surface area contributed by atoms with E-state index in [1.54, 1.807) is 0 Å². The van der Waals surface area contributed by atoms with Gasteiger partial charge in [0.2, 0.25) is 10.0 Å². The summed E-state index contributed by atoms with van der Waals surface area (Å²) < 4.78 is 25.3. The highest BCUT2D eigenvalue weighted by Crippen LogP contribution is 2.26. The van der Waals surface area contributed by atoms with E-state index in [4.69, 9.17) is 0 Å². The number of para-hydroxylation sites is 1. The maximum atomic E-state index is 11.3. The molecule has 1 saturated heterocycles. The third-order valence-corrected chi connectivity index (χ3v) is 5.90. The summed E-state index contributed by atoms with van der Waals surface area (Å²) in [6.07, 6.45) is 4.71. The summed E-state index contributed by atoms with van der Waals surface area (Å²) in [6, 6.07) is 18.7. The topological polar surface area (TPSA) is 49.4 Å². The Morgan fingerprint density at radius 2 is 1.81 bits per heavy atom. The van der Waals surface area contributed by atoms with Crippen molar-refractivity contribution in [2.45, 2.75) is 32.2 Å². The van der Waals surface area contributed by atoms with Gasteiger partial charge in [-0.25, -0.2) is 13.1 Å². The Balaban J connectivity index is 1.50. The van der Waals surface area contributed by atoms with Crippen LogP contribution in [0, 0.1) is 5.92 Å². The van der Waals surface area contributed by atoms with Gasteiger partial charge in [0.05, 0.1) is 6.26 Å². The number of hydrogen-bond donors (Lipinski definition) is 1. The molecular weight excluding hydrogens is 344 g/mol. The Bertz CT molecular complexity index is 804. The SMILES string of the molecule is C[C@@H](NS(C)(=O)=O)c1ccc(CCC2CCN(c3ccccc3)C2)cc1. The van der Waals surface area contributed by atoms with Gasteiger partial charge in [-0.15, -0.1) is 0 Å². The smallest absolute Gasteiger partial charge is 0.209 e. The molecule has 0 amide bonds. The van der Waals surface area contributed by atoms with Crippen molar-refractivity contribution < 1.29 is 8.42 Å². The number of sulfonamides is 1. The molecule has 0 radical (unpaired) electrons. The largest absolute Gasteiger partial charge is 0.371 e. The minimum atomic E-state index is -3.19. The summed E-state index contributed by atoms with van der Waals surface area (Å²) in [5.74, 6) is 0.737. The second kappa shape index (κ2) is 8.23. The molecule has 0 aliphatic carbocycles. The van der Waals surface area contributed by atoms with Crippen LogP contribution in [0.5, 0.6) is 0 Å². The van der Waals surface area contributed by atoms with Gasteiger partial charge in [-0.1, -0.05) is 42.5 Å². The van der Waals surface area contributed by atoms with E-state index in [0.29, 0.717) is 0 Å². The fourth-order valence-corrected chi connectivity index (χ4v) is 4.45. The van der Waals surface area contributed by atoms with Crippen LogP contribution in [0.4, 0.5) is 5.69 Å². The Morgan fingerprint density at radius 3 is 2.46 bits per heavy atom. The van der Waals surface area contributed by atoms with E-state index >= 15 is 0 Å². The molecule has 1 N–H and O–H groups in total. The van der Waals surface area contributed by atoms with Gasteiger partial charge in [0, 0.05) is 24.8 Å². The van der Waals surface area contributed by atoms with Gasteiger partial charge in [-0.2, -0.15) is 0 Å². The standard InChI is InChI=1S/C21H28N2O2S/c1-17(22-26(2,24)25)20-12-10-18(11-13-20)8-9-19-14-15-23(16-19)21-6-4-3-5-7-21/h3-7,10-13,17,19,22H,8-9,14-16H2,1-2H3/t17-,19?/m1/s1. The number of rotatable bonds is 7. The molecule has 1 aliphatic heterocycles. The van der Waals surface area contributed by atoms with E-state index in [9.17, 15) is 8.42 Å². The lowest BCUT2D eigenvalue weighted by molar-refractivity contribution is 0.538. The number of hydrogen-bond acceptors (Lipinski definition) is 3. The minimum Gasteiger partial charge on any atom is -0.371 e. The van der Waals surface area contributed by atoms with Crippen molar-refractivity contribution in [3.8, 4) is 0 Å². The van der Waals surface area contributed by atoms with Crippen LogP contribution >= 0.6 is 0 Å². The molecular formula is C21H28N2O2S. The first-order chi connectivity index (χ1) is 12.4. The monoisotopic (exact) mass is 372 g/mol. The Labute approximate surface area is 157 Å². The lowest BCUT2D eigenvalue weighted by Gasteiger charge is -2.18. The first-order valence-electron chi connectivity index (χ1n) is 9.27. The highest BCUT2D eigenvalue weighted by atomic mass is 32.2. The van der Waals surface area contributed by atoms with Crippen LogP contribution in [0.15, 0.2) is 54.6 Å². The maximum Gasteiger partial charge on any atom is 0.209 e. The summed E-state index contributed by atoms with van der Waals surface area (Å²) in [5, 5.41) is 0. The van der Waals surface area contributed by atoms with Gasteiger partial charge in [-0.05, 0) is 55.4 Å². The summed E-state index contributed by atoms with van der Waals surface area (Å²) >= 11 is 0. The predicted molar refractivity (Wildman–Crippen MR) is 108 cm³/mol. The van der Waals surface area contributed by atoms with Crippen molar-refractivity contribution >= 4 is 15.7 Å². The number of aryl methyl sites for hydroxylation is 1. The summed E-state index contributed by atoms with van der Waals surface area (Å²) in [5.41, 5.74) is 3.64. The first kappa shape index (κ1) is 18.9. The van der Waals surface area contributed by atoms with Crippen molar-refractivity contribution in [1.29, 1.82) is 0 Å². The van der Waals surface area contributed by atoms with Crippen molar-refractivity contribution in [2.75, 3.05) is 24.2 Å². The average molecular weight is 373 g/mol. The molecule has 0 spiro atoms. The van der Waals surface area contributed by atoms with Gasteiger partial charge >= 0.3 is 0 Å². The fraction of sp³-hybridized carbons (Fsp3) is 0.429. The van der Waals surface area contributed by atoms with Crippen LogP contribution in [-0.2, 0) is 16.4 Å². The van der Waals surface area contributed by atoms with Crippen LogP contribution in [-0.4, -0.2) is 27.8 Å². The maximum absolute atomic E-state index is 11.3. The molecule has 0 saturated carbocycles.